The van der Waals surface area contributed by atoms with Crippen molar-refractivity contribution < 1.29 is 9.90 Å². The third kappa shape index (κ3) is 5.36. The van der Waals surface area contributed by atoms with Crippen LogP contribution in [0.15, 0.2) is 30.3 Å². The molecule has 0 radical (unpaired) electrons. The van der Waals surface area contributed by atoms with Gasteiger partial charge >= 0.3 is 0 Å². The summed E-state index contributed by atoms with van der Waals surface area (Å²) in [5, 5.41) is 15.1. The number of nitrogens with one attached hydrogen (secondary N) is 2. The fourth-order valence-corrected chi connectivity index (χ4v) is 2.23. The monoisotopic (exact) mass is 349 g/mol. The Morgan fingerprint density at radius 1 is 1.33 bits per heavy atom. The maximum absolute atomic E-state index is 11.9. The quantitative estimate of drug-likeness (QED) is 0.563. The number of benzene rings is 1. The van der Waals surface area contributed by atoms with Gasteiger partial charge in [-0.25, -0.2) is 4.98 Å². The molecule has 2 rings (SSSR count). The summed E-state index contributed by atoms with van der Waals surface area (Å²) in [4.78, 5) is 19.7. The number of halogens is 1. The molecule has 5 N–H and O–H groups in total. The van der Waals surface area contributed by atoms with Crippen molar-refractivity contribution in [1.29, 1.82) is 0 Å². The standard InChI is InChI=1S/C16H20ClN5O2/c1-10(9-23)20-15(24)12-4-2-11(3-5-12)6-7-19-14-8-13(17)21-16(18)22-14/h2-5,8,10,23H,6-7,9H2,1H3,(H,20,24)(H3,18,19,21,22). The average Bonchev–Trinajstić information content (AvgIpc) is 2.54. The zero-order valence-electron chi connectivity index (χ0n) is 13.3. The van der Waals surface area contributed by atoms with Gasteiger partial charge in [0.1, 0.15) is 11.0 Å². The van der Waals surface area contributed by atoms with Crippen LogP contribution in [-0.2, 0) is 6.42 Å². The first-order valence-electron chi connectivity index (χ1n) is 7.52. The molecule has 24 heavy (non-hydrogen) atoms. The Morgan fingerprint density at radius 3 is 2.67 bits per heavy atom. The molecule has 1 amide bonds. The lowest BCUT2D eigenvalue weighted by atomic mass is 10.1. The molecule has 0 aliphatic heterocycles. The van der Waals surface area contributed by atoms with Crippen molar-refractivity contribution >= 4 is 29.3 Å². The number of rotatable bonds is 7. The average molecular weight is 350 g/mol. The molecule has 128 valence electrons. The lowest BCUT2D eigenvalue weighted by molar-refractivity contribution is 0.0922. The largest absolute Gasteiger partial charge is 0.394 e. The number of nitrogens with zero attached hydrogens (tertiary/aromatic N) is 2. The van der Waals surface area contributed by atoms with Crippen molar-refractivity contribution in [2.45, 2.75) is 19.4 Å². The van der Waals surface area contributed by atoms with Crippen LogP contribution in [0.2, 0.25) is 5.15 Å². The van der Waals surface area contributed by atoms with E-state index >= 15 is 0 Å². The lowest BCUT2D eigenvalue weighted by Crippen LogP contribution is -2.34. The maximum atomic E-state index is 11.9. The van der Waals surface area contributed by atoms with Gasteiger partial charge in [-0.15, -0.1) is 0 Å². The van der Waals surface area contributed by atoms with Crippen LogP contribution in [0.3, 0.4) is 0 Å². The minimum Gasteiger partial charge on any atom is -0.394 e. The molecule has 2 aromatic rings. The first-order valence-corrected chi connectivity index (χ1v) is 7.90. The highest BCUT2D eigenvalue weighted by atomic mass is 35.5. The molecule has 1 unspecified atom stereocenters. The number of nitrogens with two attached hydrogens (primary N) is 1. The van der Waals surface area contributed by atoms with Gasteiger partial charge in [0.25, 0.3) is 5.91 Å². The van der Waals surface area contributed by atoms with Crippen LogP contribution in [0.4, 0.5) is 11.8 Å². The number of anilines is 2. The molecule has 0 saturated carbocycles. The zero-order valence-corrected chi connectivity index (χ0v) is 14.0. The highest BCUT2D eigenvalue weighted by Gasteiger charge is 2.08. The normalized spacial score (nSPS) is 11.8. The number of aliphatic hydroxyl groups is 1. The summed E-state index contributed by atoms with van der Waals surface area (Å²) in [5.41, 5.74) is 7.16. The molecular weight excluding hydrogens is 330 g/mol. The van der Waals surface area contributed by atoms with Crippen LogP contribution in [-0.4, -0.2) is 40.2 Å². The number of carbonyl (C=O) groups excluding carboxylic acids is 1. The van der Waals surface area contributed by atoms with Crippen molar-refractivity contribution in [3.05, 3.63) is 46.6 Å². The molecule has 7 nitrogen and oxygen atoms in total. The van der Waals surface area contributed by atoms with E-state index in [-0.39, 0.29) is 29.7 Å². The second-order valence-electron chi connectivity index (χ2n) is 5.36. The van der Waals surface area contributed by atoms with E-state index in [1.54, 1.807) is 25.1 Å². The van der Waals surface area contributed by atoms with Gasteiger partial charge in [-0.1, -0.05) is 23.7 Å². The topological polar surface area (TPSA) is 113 Å². The van der Waals surface area contributed by atoms with Gasteiger partial charge in [0.05, 0.1) is 6.61 Å². The summed E-state index contributed by atoms with van der Waals surface area (Å²) in [7, 11) is 0. The number of aromatic nitrogens is 2. The Balaban J connectivity index is 1.86. The summed E-state index contributed by atoms with van der Waals surface area (Å²) >= 11 is 5.81. The summed E-state index contributed by atoms with van der Waals surface area (Å²) in [6.07, 6.45) is 0.746. The van der Waals surface area contributed by atoms with Crippen molar-refractivity contribution in [3.63, 3.8) is 0 Å². The van der Waals surface area contributed by atoms with Crippen LogP contribution < -0.4 is 16.4 Å². The van der Waals surface area contributed by atoms with Gasteiger partial charge in [-0.05, 0) is 31.0 Å². The van der Waals surface area contributed by atoms with Gasteiger partial charge in [0.2, 0.25) is 5.95 Å². The Hall–Kier alpha value is -2.38. The molecule has 0 bridgehead atoms. The van der Waals surface area contributed by atoms with E-state index in [1.807, 2.05) is 12.1 Å². The van der Waals surface area contributed by atoms with Crippen LogP contribution in [0.25, 0.3) is 0 Å². The van der Waals surface area contributed by atoms with Crippen LogP contribution in [0.1, 0.15) is 22.8 Å². The van der Waals surface area contributed by atoms with E-state index in [0.717, 1.165) is 12.0 Å². The summed E-state index contributed by atoms with van der Waals surface area (Å²) in [6, 6.07) is 8.63. The number of nitrogen functional groups attached to an aromatic ring is 1. The Labute approximate surface area is 145 Å². The minimum absolute atomic E-state index is 0.0902. The Bertz CT molecular complexity index is 673. The SMILES string of the molecule is CC(CO)NC(=O)c1ccc(CCNc2cc(Cl)nc(N)n2)cc1. The highest BCUT2D eigenvalue weighted by molar-refractivity contribution is 6.29. The molecule has 0 aliphatic rings. The number of carbonyl (C=O) groups is 1. The highest BCUT2D eigenvalue weighted by Crippen LogP contribution is 2.12. The smallest absolute Gasteiger partial charge is 0.251 e. The minimum atomic E-state index is -0.270. The van der Waals surface area contributed by atoms with Gasteiger partial charge in [0, 0.05) is 24.2 Å². The Morgan fingerprint density at radius 2 is 2.04 bits per heavy atom. The van der Waals surface area contributed by atoms with Crippen molar-refractivity contribution in [2.75, 3.05) is 24.2 Å². The number of aliphatic hydroxyl groups excluding tert-OH is 1. The number of amides is 1. The number of hydrogen-bond donors (Lipinski definition) is 4. The van der Waals surface area contributed by atoms with E-state index < -0.39 is 0 Å². The van der Waals surface area contributed by atoms with Gasteiger partial charge in [0.15, 0.2) is 0 Å². The van der Waals surface area contributed by atoms with Gasteiger partial charge < -0.3 is 21.5 Å². The third-order valence-corrected chi connectivity index (χ3v) is 3.49. The van der Waals surface area contributed by atoms with Gasteiger partial charge in [-0.2, -0.15) is 4.98 Å². The van der Waals surface area contributed by atoms with Crippen LogP contribution >= 0.6 is 11.6 Å². The summed E-state index contributed by atoms with van der Waals surface area (Å²) in [5.74, 6) is 0.492. The molecule has 1 atom stereocenters. The van der Waals surface area contributed by atoms with Crippen molar-refractivity contribution in [2.24, 2.45) is 0 Å². The molecule has 1 heterocycles. The van der Waals surface area contributed by atoms with Gasteiger partial charge in [-0.3, -0.25) is 4.79 Å². The van der Waals surface area contributed by atoms with Crippen molar-refractivity contribution in [3.8, 4) is 0 Å². The fraction of sp³-hybridized carbons (Fsp3) is 0.312. The Kier molecular flexibility index (Phi) is 6.34. The molecule has 0 spiro atoms. The van der Waals surface area contributed by atoms with E-state index in [1.165, 1.54) is 0 Å². The van der Waals surface area contributed by atoms with Crippen LogP contribution in [0.5, 0.6) is 0 Å². The number of hydrogen-bond acceptors (Lipinski definition) is 6. The van der Waals surface area contributed by atoms with E-state index in [0.29, 0.717) is 17.9 Å². The predicted octanol–water partition coefficient (Wildman–Crippen LogP) is 1.48. The first-order chi connectivity index (χ1) is 11.5. The van der Waals surface area contributed by atoms with E-state index in [9.17, 15) is 4.79 Å². The molecule has 0 aliphatic carbocycles. The van der Waals surface area contributed by atoms with Crippen molar-refractivity contribution in [1.82, 2.24) is 15.3 Å². The molecule has 8 heteroatoms. The summed E-state index contributed by atoms with van der Waals surface area (Å²) in [6.45, 7) is 2.29. The first kappa shape index (κ1) is 18.0. The zero-order chi connectivity index (χ0) is 17.5. The second-order valence-corrected chi connectivity index (χ2v) is 5.75. The molecular formula is C16H20ClN5O2. The van der Waals surface area contributed by atoms with Crippen LogP contribution in [0, 0.1) is 0 Å². The molecule has 1 aromatic heterocycles. The molecule has 1 aromatic carbocycles. The lowest BCUT2D eigenvalue weighted by Gasteiger charge is -2.11. The predicted molar refractivity (Wildman–Crippen MR) is 94.1 cm³/mol. The van der Waals surface area contributed by atoms with E-state index in [2.05, 4.69) is 20.6 Å². The third-order valence-electron chi connectivity index (χ3n) is 3.30. The maximum Gasteiger partial charge on any atom is 0.251 e. The van der Waals surface area contributed by atoms with E-state index in [4.69, 9.17) is 22.4 Å². The molecule has 0 saturated heterocycles. The fourth-order valence-electron chi connectivity index (χ4n) is 2.04. The molecule has 0 fully saturated rings. The summed E-state index contributed by atoms with van der Waals surface area (Å²) < 4.78 is 0. The second kappa shape index (κ2) is 8.47.